The highest BCUT2D eigenvalue weighted by atomic mass is 19.4. The van der Waals surface area contributed by atoms with E-state index in [4.69, 9.17) is 10.5 Å². The smallest absolute Gasteiger partial charge is 0.384 e. The summed E-state index contributed by atoms with van der Waals surface area (Å²) in [5, 5.41) is 0. The molecule has 20 heavy (non-hydrogen) atoms. The second-order valence-electron chi connectivity index (χ2n) is 5.54. The molecule has 0 aromatic carbocycles. The van der Waals surface area contributed by atoms with E-state index in [0.717, 1.165) is 0 Å². The Hall–Kier alpha value is -1.57. The molecule has 1 aromatic rings. The Labute approximate surface area is 114 Å². The first-order valence-electron chi connectivity index (χ1n) is 6.21. The Morgan fingerprint density at radius 2 is 2.05 bits per heavy atom. The fraction of sp³-hybridized carbons (Fsp3) is 0.667. The van der Waals surface area contributed by atoms with E-state index in [1.807, 2.05) is 20.8 Å². The van der Waals surface area contributed by atoms with Gasteiger partial charge in [0.05, 0.1) is 11.7 Å². The third-order valence-corrected chi connectivity index (χ3v) is 2.88. The van der Waals surface area contributed by atoms with Gasteiger partial charge in [0.15, 0.2) is 0 Å². The summed E-state index contributed by atoms with van der Waals surface area (Å²) in [6, 6.07) is 1.35. The van der Waals surface area contributed by atoms with E-state index in [-0.39, 0.29) is 17.7 Å². The second-order valence-corrected chi connectivity index (χ2v) is 5.54. The van der Waals surface area contributed by atoms with Gasteiger partial charge < -0.3 is 15.4 Å². The summed E-state index contributed by atoms with van der Waals surface area (Å²) in [6.45, 7) is 6.52. The van der Waals surface area contributed by atoms with Crippen LogP contribution in [0.15, 0.2) is 6.07 Å². The van der Waals surface area contributed by atoms with Crippen LogP contribution in [0.25, 0.3) is 0 Å². The first kappa shape index (κ1) is 14.8. The molecule has 0 radical (unpaired) electrons. The largest absolute Gasteiger partial charge is 0.451 e. The maximum absolute atomic E-state index is 12.7. The van der Waals surface area contributed by atoms with Crippen molar-refractivity contribution in [2.45, 2.75) is 38.7 Å². The fourth-order valence-electron chi connectivity index (χ4n) is 2.37. The molecule has 1 aliphatic heterocycles. The van der Waals surface area contributed by atoms with Gasteiger partial charge in [0, 0.05) is 19.2 Å². The predicted octanol–water partition coefficient (Wildman–Crippen LogP) is 2.08. The van der Waals surface area contributed by atoms with Crippen molar-refractivity contribution in [3.63, 3.8) is 0 Å². The van der Waals surface area contributed by atoms with E-state index in [2.05, 4.69) is 9.97 Å². The number of alkyl halides is 3. The number of halogens is 3. The number of aromatic nitrogens is 2. The van der Waals surface area contributed by atoms with Crippen molar-refractivity contribution in [3.05, 3.63) is 11.9 Å². The van der Waals surface area contributed by atoms with Crippen LogP contribution in [0.5, 0.6) is 0 Å². The van der Waals surface area contributed by atoms with Gasteiger partial charge in [-0.15, -0.1) is 0 Å². The zero-order valence-corrected chi connectivity index (χ0v) is 11.5. The number of anilines is 2. The van der Waals surface area contributed by atoms with Crippen LogP contribution in [0.2, 0.25) is 0 Å². The molecule has 5 nitrogen and oxygen atoms in total. The van der Waals surface area contributed by atoms with Gasteiger partial charge in [-0.2, -0.15) is 13.2 Å². The fourth-order valence-corrected chi connectivity index (χ4v) is 2.37. The Morgan fingerprint density at radius 1 is 1.40 bits per heavy atom. The zero-order valence-electron chi connectivity index (χ0n) is 11.5. The van der Waals surface area contributed by atoms with Gasteiger partial charge in [-0.05, 0) is 20.8 Å². The molecule has 1 unspecified atom stereocenters. The molecule has 1 atom stereocenters. The quantitative estimate of drug-likeness (QED) is 0.858. The molecule has 0 aliphatic carbocycles. The molecule has 2 N–H and O–H groups in total. The van der Waals surface area contributed by atoms with Gasteiger partial charge in [-0.1, -0.05) is 0 Å². The highest BCUT2D eigenvalue weighted by Gasteiger charge is 2.37. The molecule has 0 saturated carbocycles. The number of hydrogen-bond acceptors (Lipinski definition) is 5. The van der Waals surface area contributed by atoms with E-state index in [1.54, 1.807) is 4.90 Å². The molecular formula is C12H17F3N4O. The van der Waals surface area contributed by atoms with Crippen LogP contribution in [0.1, 0.15) is 26.6 Å². The van der Waals surface area contributed by atoms with Crippen molar-refractivity contribution in [2.24, 2.45) is 0 Å². The molecule has 2 heterocycles. The van der Waals surface area contributed by atoms with Crippen molar-refractivity contribution in [2.75, 3.05) is 23.7 Å². The molecule has 8 heteroatoms. The van der Waals surface area contributed by atoms with Crippen LogP contribution in [0.3, 0.4) is 0 Å². The van der Waals surface area contributed by atoms with Crippen LogP contribution in [0.4, 0.5) is 24.8 Å². The van der Waals surface area contributed by atoms with Gasteiger partial charge >= 0.3 is 6.18 Å². The second kappa shape index (κ2) is 4.76. The lowest BCUT2D eigenvalue weighted by Crippen LogP contribution is -2.52. The average Bonchev–Trinajstić information content (AvgIpc) is 2.24. The summed E-state index contributed by atoms with van der Waals surface area (Å²) in [5.41, 5.74) is 4.99. The summed E-state index contributed by atoms with van der Waals surface area (Å²) >= 11 is 0. The van der Waals surface area contributed by atoms with Gasteiger partial charge in [0.2, 0.25) is 5.82 Å². The number of rotatable bonds is 1. The van der Waals surface area contributed by atoms with E-state index < -0.39 is 17.6 Å². The number of ether oxygens (including phenoxy) is 1. The summed E-state index contributed by atoms with van der Waals surface area (Å²) in [6.07, 6.45) is -4.72. The molecule has 2 rings (SSSR count). The lowest BCUT2D eigenvalue weighted by molar-refractivity contribution is -0.144. The van der Waals surface area contributed by atoms with Crippen molar-refractivity contribution < 1.29 is 17.9 Å². The molecule has 1 aliphatic rings. The minimum atomic E-state index is -4.61. The molecule has 112 valence electrons. The van der Waals surface area contributed by atoms with Gasteiger partial charge in [-0.25, -0.2) is 9.97 Å². The summed E-state index contributed by atoms with van der Waals surface area (Å²) in [4.78, 5) is 8.56. The number of hydrogen-bond donors (Lipinski definition) is 1. The third kappa shape index (κ3) is 3.30. The minimum Gasteiger partial charge on any atom is -0.384 e. The Balaban J connectivity index is 2.35. The number of morpholine rings is 1. The molecule has 1 aromatic heterocycles. The topological polar surface area (TPSA) is 64.3 Å². The van der Waals surface area contributed by atoms with E-state index in [1.165, 1.54) is 6.07 Å². The molecule has 0 spiro atoms. The highest BCUT2D eigenvalue weighted by Crippen LogP contribution is 2.30. The lowest BCUT2D eigenvalue weighted by atomic mass is 10.1. The van der Waals surface area contributed by atoms with Crippen LogP contribution < -0.4 is 10.6 Å². The summed E-state index contributed by atoms with van der Waals surface area (Å²) < 4.78 is 43.9. The SMILES string of the molecule is CC1CN(c2cc(N)nc(C(F)(F)F)n2)CC(C)(C)O1. The lowest BCUT2D eigenvalue weighted by Gasteiger charge is -2.42. The van der Waals surface area contributed by atoms with E-state index >= 15 is 0 Å². The molecular weight excluding hydrogens is 273 g/mol. The van der Waals surface area contributed by atoms with Crippen molar-refractivity contribution in [3.8, 4) is 0 Å². The molecule has 0 bridgehead atoms. The average molecular weight is 290 g/mol. The van der Waals surface area contributed by atoms with Crippen molar-refractivity contribution in [1.29, 1.82) is 0 Å². The molecule has 1 fully saturated rings. The zero-order chi connectivity index (χ0) is 15.1. The standard InChI is InChI=1S/C12H17F3N4O/c1-7-5-19(6-11(2,3)20-7)9-4-8(16)17-10(18-9)12(13,14)15/h4,7H,5-6H2,1-3H3,(H2,16,17,18). The Kier molecular flexibility index (Phi) is 3.53. The molecule has 0 amide bonds. The van der Waals surface area contributed by atoms with Crippen LogP contribution in [-0.2, 0) is 10.9 Å². The van der Waals surface area contributed by atoms with E-state index in [0.29, 0.717) is 13.1 Å². The molecule has 1 saturated heterocycles. The first-order valence-corrected chi connectivity index (χ1v) is 6.21. The van der Waals surface area contributed by atoms with Crippen LogP contribution in [0, 0.1) is 0 Å². The minimum absolute atomic E-state index is 0.107. The van der Waals surface area contributed by atoms with Crippen molar-refractivity contribution >= 4 is 11.6 Å². The number of nitrogens with zero attached hydrogens (tertiary/aromatic N) is 3. The number of nitrogens with two attached hydrogens (primary N) is 1. The maximum atomic E-state index is 12.7. The monoisotopic (exact) mass is 290 g/mol. The van der Waals surface area contributed by atoms with Gasteiger partial charge in [0.1, 0.15) is 11.6 Å². The first-order chi connectivity index (χ1) is 9.07. The van der Waals surface area contributed by atoms with Gasteiger partial charge in [0.25, 0.3) is 0 Å². The Morgan fingerprint density at radius 3 is 2.60 bits per heavy atom. The Bertz CT molecular complexity index is 504. The predicted molar refractivity (Wildman–Crippen MR) is 68.3 cm³/mol. The van der Waals surface area contributed by atoms with Crippen molar-refractivity contribution in [1.82, 2.24) is 9.97 Å². The van der Waals surface area contributed by atoms with Crippen LogP contribution in [-0.4, -0.2) is 34.8 Å². The number of nitrogen functional groups attached to an aromatic ring is 1. The third-order valence-electron chi connectivity index (χ3n) is 2.88. The summed E-state index contributed by atoms with van der Waals surface area (Å²) in [7, 11) is 0. The highest BCUT2D eigenvalue weighted by molar-refractivity contribution is 5.48. The summed E-state index contributed by atoms with van der Waals surface area (Å²) in [5.74, 6) is -1.24. The maximum Gasteiger partial charge on any atom is 0.451 e. The van der Waals surface area contributed by atoms with E-state index in [9.17, 15) is 13.2 Å². The van der Waals surface area contributed by atoms with Gasteiger partial charge in [-0.3, -0.25) is 0 Å². The van der Waals surface area contributed by atoms with Crippen LogP contribution >= 0.6 is 0 Å². The normalized spacial score (nSPS) is 22.9.